The van der Waals surface area contributed by atoms with E-state index in [0.29, 0.717) is 17.1 Å². The molecule has 9 heteroatoms. The fourth-order valence-corrected chi connectivity index (χ4v) is 4.36. The lowest BCUT2D eigenvalue weighted by atomic mass is 10.2. The van der Waals surface area contributed by atoms with Crippen LogP contribution in [0.2, 0.25) is 5.02 Å². The summed E-state index contributed by atoms with van der Waals surface area (Å²) < 4.78 is 18.0. The third-order valence-corrected chi connectivity index (χ3v) is 5.99. The van der Waals surface area contributed by atoms with E-state index < -0.39 is 11.8 Å². The third kappa shape index (κ3) is 5.76. The van der Waals surface area contributed by atoms with Crippen LogP contribution in [0.3, 0.4) is 0 Å². The van der Waals surface area contributed by atoms with E-state index in [0.717, 1.165) is 36.6 Å². The van der Waals surface area contributed by atoms with Crippen molar-refractivity contribution in [2.45, 2.75) is 13.5 Å². The van der Waals surface area contributed by atoms with Gasteiger partial charge < -0.3 is 10.1 Å². The number of thiophene rings is 1. The fraction of sp³-hybridized carbons (Fsp3) is 0.400. The topological polar surface area (TPSA) is 61.9 Å². The van der Waals surface area contributed by atoms with Crippen molar-refractivity contribution in [3.63, 3.8) is 0 Å². The summed E-state index contributed by atoms with van der Waals surface area (Å²) in [6, 6.07) is 6.49. The van der Waals surface area contributed by atoms with Crippen LogP contribution in [0.1, 0.15) is 20.8 Å². The standard InChI is InChI=1S/C20H23ClFN3O3S/c1-13-9-15(20(27)28-2)19(29-13)23-18(26)12-25-7-5-24(6-8-25)11-14-3-4-17(22)16(21)10-14/h3-4,9-10H,5-8,11-12H2,1-2H3,(H,23,26). The Morgan fingerprint density at radius 2 is 1.90 bits per heavy atom. The predicted octanol–water partition coefficient (Wildman–Crippen LogP) is 3.39. The van der Waals surface area contributed by atoms with Crippen molar-refractivity contribution >= 4 is 39.8 Å². The molecular weight excluding hydrogens is 417 g/mol. The van der Waals surface area contributed by atoms with E-state index in [1.54, 1.807) is 18.2 Å². The van der Waals surface area contributed by atoms with Crippen molar-refractivity contribution in [2.24, 2.45) is 0 Å². The average molecular weight is 440 g/mol. The van der Waals surface area contributed by atoms with E-state index >= 15 is 0 Å². The van der Waals surface area contributed by atoms with Crippen molar-refractivity contribution in [1.29, 1.82) is 0 Å². The maximum absolute atomic E-state index is 13.3. The van der Waals surface area contributed by atoms with Crippen molar-refractivity contribution in [3.05, 3.63) is 51.1 Å². The number of nitrogens with zero attached hydrogens (tertiary/aromatic N) is 2. The van der Waals surface area contributed by atoms with Crippen LogP contribution in [0.5, 0.6) is 0 Å². The minimum absolute atomic E-state index is 0.132. The molecule has 1 aromatic heterocycles. The molecule has 1 N–H and O–H groups in total. The van der Waals surface area contributed by atoms with Crippen LogP contribution in [-0.4, -0.2) is 61.5 Å². The minimum atomic E-state index is -0.459. The number of ether oxygens (including phenoxy) is 1. The van der Waals surface area contributed by atoms with Crippen LogP contribution in [0.15, 0.2) is 24.3 Å². The highest BCUT2D eigenvalue weighted by Gasteiger charge is 2.21. The first-order valence-electron chi connectivity index (χ1n) is 9.23. The Morgan fingerprint density at radius 1 is 1.21 bits per heavy atom. The predicted molar refractivity (Wildman–Crippen MR) is 112 cm³/mol. The summed E-state index contributed by atoms with van der Waals surface area (Å²) in [4.78, 5) is 29.5. The molecule has 0 aliphatic carbocycles. The molecule has 29 heavy (non-hydrogen) atoms. The number of rotatable bonds is 6. The normalized spacial score (nSPS) is 15.3. The molecule has 0 radical (unpaired) electrons. The second-order valence-corrected chi connectivity index (χ2v) is 8.60. The number of amides is 1. The summed E-state index contributed by atoms with van der Waals surface area (Å²) in [5.74, 6) is -1.03. The van der Waals surface area contributed by atoms with Gasteiger partial charge in [0, 0.05) is 37.6 Å². The van der Waals surface area contributed by atoms with Gasteiger partial charge in [-0.15, -0.1) is 11.3 Å². The molecule has 1 fully saturated rings. The number of hydrogen-bond acceptors (Lipinski definition) is 6. The number of nitrogens with one attached hydrogen (secondary N) is 1. The number of carbonyl (C=O) groups is 2. The van der Waals surface area contributed by atoms with Gasteiger partial charge in [-0.2, -0.15) is 0 Å². The zero-order chi connectivity index (χ0) is 21.0. The molecule has 2 aromatic rings. The van der Waals surface area contributed by atoms with E-state index in [9.17, 15) is 14.0 Å². The van der Waals surface area contributed by atoms with Crippen molar-refractivity contribution in [2.75, 3.05) is 45.2 Å². The molecule has 0 atom stereocenters. The molecule has 1 amide bonds. The van der Waals surface area contributed by atoms with Crippen LogP contribution in [0.4, 0.5) is 9.39 Å². The first-order chi connectivity index (χ1) is 13.9. The van der Waals surface area contributed by atoms with E-state index in [1.165, 1.54) is 24.5 Å². The molecule has 1 aromatic carbocycles. The van der Waals surface area contributed by atoms with Crippen molar-refractivity contribution in [3.8, 4) is 0 Å². The van der Waals surface area contributed by atoms with Gasteiger partial charge in [0.1, 0.15) is 10.8 Å². The summed E-state index contributed by atoms with van der Waals surface area (Å²) in [6.07, 6.45) is 0. The maximum Gasteiger partial charge on any atom is 0.340 e. The number of benzene rings is 1. The van der Waals surface area contributed by atoms with Gasteiger partial charge in [0.2, 0.25) is 5.91 Å². The van der Waals surface area contributed by atoms with Crippen molar-refractivity contribution < 1.29 is 18.7 Å². The summed E-state index contributed by atoms with van der Waals surface area (Å²) in [5, 5.41) is 3.48. The SMILES string of the molecule is COC(=O)c1cc(C)sc1NC(=O)CN1CCN(Cc2ccc(F)c(Cl)c2)CC1. The van der Waals surface area contributed by atoms with Gasteiger partial charge in [-0.25, -0.2) is 9.18 Å². The zero-order valence-electron chi connectivity index (χ0n) is 16.3. The summed E-state index contributed by atoms with van der Waals surface area (Å²) in [7, 11) is 1.32. The number of carbonyl (C=O) groups excluding carboxylic acids is 2. The smallest absolute Gasteiger partial charge is 0.340 e. The highest BCUT2D eigenvalue weighted by atomic mass is 35.5. The zero-order valence-corrected chi connectivity index (χ0v) is 17.9. The monoisotopic (exact) mass is 439 g/mol. The molecule has 0 unspecified atom stereocenters. The summed E-state index contributed by atoms with van der Waals surface area (Å²) >= 11 is 7.20. The van der Waals surface area contributed by atoms with Gasteiger partial charge in [0.25, 0.3) is 0 Å². The van der Waals surface area contributed by atoms with Crippen LogP contribution >= 0.6 is 22.9 Å². The largest absolute Gasteiger partial charge is 0.465 e. The minimum Gasteiger partial charge on any atom is -0.465 e. The molecule has 1 aliphatic heterocycles. The van der Waals surface area contributed by atoms with Gasteiger partial charge in [-0.05, 0) is 30.7 Å². The van der Waals surface area contributed by atoms with E-state index in [1.807, 2.05) is 6.92 Å². The van der Waals surface area contributed by atoms with Crippen LogP contribution in [0, 0.1) is 12.7 Å². The first kappa shape index (κ1) is 21.7. The van der Waals surface area contributed by atoms with Crippen LogP contribution < -0.4 is 5.32 Å². The lowest BCUT2D eigenvalue weighted by molar-refractivity contribution is -0.117. The van der Waals surface area contributed by atoms with Gasteiger partial charge in [-0.1, -0.05) is 17.7 Å². The van der Waals surface area contributed by atoms with Crippen LogP contribution in [-0.2, 0) is 16.1 Å². The molecule has 1 saturated heterocycles. The molecule has 0 bridgehead atoms. The molecular formula is C20H23ClFN3O3S. The lowest BCUT2D eigenvalue weighted by Gasteiger charge is -2.34. The quantitative estimate of drug-likeness (QED) is 0.699. The Bertz CT molecular complexity index is 897. The van der Waals surface area contributed by atoms with E-state index in [4.69, 9.17) is 16.3 Å². The molecule has 156 valence electrons. The number of esters is 1. The number of aryl methyl sites for hydroxylation is 1. The third-order valence-electron chi connectivity index (χ3n) is 4.74. The Kier molecular flexibility index (Phi) is 7.23. The first-order valence-corrected chi connectivity index (χ1v) is 10.4. The Labute approximate surface area is 178 Å². The van der Waals surface area contributed by atoms with Gasteiger partial charge in [0.15, 0.2) is 0 Å². The van der Waals surface area contributed by atoms with E-state index in [2.05, 4.69) is 15.1 Å². The highest BCUT2D eigenvalue weighted by molar-refractivity contribution is 7.16. The molecule has 3 rings (SSSR count). The highest BCUT2D eigenvalue weighted by Crippen LogP contribution is 2.28. The lowest BCUT2D eigenvalue weighted by Crippen LogP contribution is -2.48. The summed E-state index contributed by atoms with van der Waals surface area (Å²) in [6.45, 7) is 5.91. The van der Waals surface area contributed by atoms with E-state index in [-0.39, 0.29) is 17.5 Å². The van der Waals surface area contributed by atoms with Crippen molar-refractivity contribution in [1.82, 2.24) is 9.80 Å². The molecule has 0 spiro atoms. The fourth-order valence-electron chi connectivity index (χ4n) is 3.24. The number of anilines is 1. The second kappa shape index (κ2) is 9.67. The van der Waals surface area contributed by atoms with Crippen LogP contribution in [0.25, 0.3) is 0 Å². The maximum atomic E-state index is 13.3. The molecule has 1 aliphatic rings. The number of piperazine rings is 1. The molecule has 6 nitrogen and oxygen atoms in total. The average Bonchev–Trinajstić information content (AvgIpc) is 3.05. The number of methoxy groups -OCH3 is 1. The summed E-state index contributed by atoms with van der Waals surface area (Å²) in [5.41, 5.74) is 1.34. The number of hydrogen-bond donors (Lipinski definition) is 1. The van der Waals surface area contributed by atoms with Gasteiger partial charge >= 0.3 is 5.97 Å². The molecule has 2 heterocycles. The van der Waals surface area contributed by atoms with Gasteiger partial charge in [-0.3, -0.25) is 14.6 Å². The second-order valence-electron chi connectivity index (χ2n) is 6.94. The number of halogens is 2. The molecule has 0 saturated carbocycles. The Balaban J connectivity index is 1.48. The van der Waals surface area contributed by atoms with Gasteiger partial charge in [0.05, 0.1) is 24.2 Å². The Hall–Kier alpha value is -2.00. The Morgan fingerprint density at radius 3 is 2.55 bits per heavy atom.